The highest BCUT2D eigenvalue weighted by molar-refractivity contribution is 5.53. The number of aliphatic hydroxyl groups excluding tert-OH is 1. The van der Waals surface area contributed by atoms with Crippen LogP contribution >= 0.6 is 0 Å². The van der Waals surface area contributed by atoms with Gasteiger partial charge in [-0.25, -0.2) is 4.98 Å². The molecule has 0 aromatic carbocycles. The Morgan fingerprint density at radius 3 is 2.73 bits per heavy atom. The van der Waals surface area contributed by atoms with Crippen molar-refractivity contribution in [3.05, 3.63) is 23.9 Å². The molecule has 1 saturated heterocycles. The van der Waals surface area contributed by atoms with Crippen LogP contribution in [0.2, 0.25) is 0 Å². The first kappa shape index (κ1) is 16.7. The van der Waals surface area contributed by atoms with Gasteiger partial charge in [-0.3, -0.25) is 4.90 Å². The van der Waals surface area contributed by atoms with E-state index < -0.39 is 6.10 Å². The fraction of sp³-hybridized carbons (Fsp3) is 0.625. The van der Waals surface area contributed by atoms with Crippen molar-refractivity contribution in [2.75, 3.05) is 44.2 Å². The van der Waals surface area contributed by atoms with Crippen molar-refractivity contribution in [2.24, 2.45) is 0 Å². The summed E-state index contributed by atoms with van der Waals surface area (Å²) in [6.07, 6.45) is 1.40. The van der Waals surface area contributed by atoms with Gasteiger partial charge in [-0.15, -0.1) is 0 Å². The maximum Gasteiger partial charge on any atom is 0.146 e. The smallest absolute Gasteiger partial charge is 0.146 e. The fourth-order valence-electron chi connectivity index (χ4n) is 2.53. The number of hydrogen-bond acceptors (Lipinski definition) is 6. The second-order valence-electron chi connectivity index (χ2n) is 5.81. The number of β-amino-alcohol motifs (C(OH)–C–C–N with tert-alkyl or cyclic N) is 1. The van der Waals surface area contributed by atoms with Crippen LogP contribution in [0.5, 0.6) is 0 Å². The maximum atomic E-state index is 9.98. The molecule has 22 heavy (non-hydrogen) atoms. The molecule has 6 heteroatoms. The lowest BCUT2D eigenvalue weighted by atomic mass is 10.2. The van der Waals surface area contributed by atoms with Crippen LogP contribution in [0.1, 0.15) is 19.4 Å². The predicted molar refractivity (Wildman–Crippen MR) is 84.7 cm³/mol. The monoisotopic (exact) mass is 304 g/mol. The van der Waals surface area contributed by atoms with Crippen molar-refractivity contribution in [3.63, 3.8) is 0 Å². The first-order chi connectivity index (χ1) is 10.6. The molecular weight excluding hydrogens is 280 g/mol. The van der Waals surface area contributed by atoms with Crippen LogP contribution in [0.25, 0.3) is 0 Å². The second kappa shape index (κ2) is 8.08. The molecule has 1 aromatic heterocycles. The SMILES string of the molecule is CC(C)OC[C@H](O)CN1CCN(c2ncccc2C#N)CC1. The number of rotatable bonds is 6. The average Bonchev–Trinajstić information content (AvgIpc) is 2.53. The summed E-state index contributed by atoms with van der Waals surface area (Å²) < 4.78 is 5.43. The number of nitriles is 1. The van der Waals surface area contributed by atoms with E-state index in [4.69, 9.17) is 10.00 Å². The lowest BCUT2D eigenvalue weighted by molar-refractivity contribution is -0.00900. The van der Waals surface area contributed by atoms with Gasteiger partial charge in [0.1, 0.15) is 11.9 Å². The average molecular weight is 304 g/mol. The van der Waals surface area contributed by atoms with Crippen molar-refractivity contribution < 1.29 is 9.84 Å². The second-order valence-corrected chi connectivity index (χ2v) is 5.81. The molecule has 0 aliphatic carbocycles. The summed E-state index contributed by atoms with van der Waals surface area (Å²) >= 11 is 0. The topological polar surface area (TPSA) is 72.6 Å². The molecule has 0 bridgehead atoms. The first-order valence-corrected chi connectivity index (χ1v) is 7.72. The van der Waals surface area contributed by atoms with Crippen LogP contribution in [0.15, 0.2) is 18.3 Å². The lowest BCUT2D eigenvalue weighted by Crippen LogP contribution is -2.49. The van der Waals surface area contributed by atoms with Gasteiger partial charge in [0.2, 0.25) is 0 Å². The summed E-state index contributed by atoms with van der Waals surface area (Å²) in [5.74, 6) is 0.758. The standard InChI is InChI=1S/C16H24N4O2/c1-13(2)22-12-15(21)11-19-6-8-20(9-7-19)16-14(10-17)4-3-5-18-16/h3-5,13,15,21H,6-9,11-12H2,1-2H3/t15-/m1/s1. The minimum Gasteiger partial charge on any atom is -0.389 e. The molecule has 0 spiro atoms. The Morgan fingerprint density at radius 1 is 1.36 bits per heavy atom. The number of anilines is 1. The van der Waals surface area contributed by atoms with E-state index >= 15 is 0 Å². The van der Waals surface area contributed by atoms with E-state index in [9.17, 15) is 5.11 Å². The molecule has 1 N–H and O–H groups in total. The highest BCUT2D eigenvalue weighted by Crippen LogP contribution is 2.18. The largest absolute Gasteiger partial charge is 0.389 e. The van der Waals surface area contributed by atoms with Gasteiger partial charge in [-0.1, -0.05) is 0 Å². The van der Waals surface area contributed by atoms with E-state index in [-0.39, 0.29) is 6.10 Å². The van der Waals surface area contributed by atoms with E-state index in [1.54, 1.807) is 18.3 Å². The van der Waals surface area contributed by atoms with E-state index in [0.29, 0.717) is 18.7 Å². The zero-order valence-corrected chi connectivity index (χ0v) is 13.3. The summed E-state index contributed by atoms with van der Waals surface area (Å²) in [5.41, 5.74) is 0.612. The third kappa shape index (κ3) is 4.67. The number of aromatic nitrogens is 1. The fourth-order valence-corrected chi connectivity index (χ4v) is 2.53. The van der Waals surface area contributed by atoms with Gasteiger partial charge in [0.25, 0.3) is 0 Å². The Morgan fingerprint density at radius 2 is 2.09 bits per heavy atom. The minimum absolute atomic E-state index is 0.139. The van der Waals surface area contributed by atoms with Gasteiger partial charge in [0.15, 0.2) is 0 Å². The predicted octanol–water partition coefficient (Wildman–Crippen LogP) is 0.861. The first-order valence-electron chi connectivity index (χ1n) is 7.72. The zero-order valence-electron chi connectivity index (χ0n) is 13.3. The number of aliphatic hydroxyl groups is 1. The van der Waals surface area contributed by atoms with Crippen molar-refractivity contribution in [1.29, 1.82) is 5.26 Å². The molecular formula is C16H24N4O2. The van der Waals surface area contributed by atoms with Crippen LogP contribution < -0.4 is 4.90 Å². The van der Waals surface area contributed by atoms with Crippen molar-refractivity contribution >= 4 is 5.82 Å². The zero-order chi connectivity index (χ0) is 15.9. The van der Waals surface area contributed by atoms with E-state index in [2.05, 4.69) is 20.9 Å². The molecule has 2 heterocycles. The molecule has 2 rings (SSSR count). The van der Waals surface area contributed by atoms with Crippen molar-refractivity contribution in [1.82, 2.24) is 9.88 Å². The van der Waals surface area contributed by atoms with Gasteiger partial charge in [0, 0.05) is 38.9 Å². The van der Waals surface area contributed by atoms with Crippen LogP contribution in [0.4, 0.5) is 5.82 Å². The number of pyridine rings is 1. The molecule has 6 nitrogen and oxygen atoms in total. The van der Waals surface area contributed by atoms with Gasteiger partial charge >= 0.3 is 0 Å². The molecule has 1 aromatic rings. The lowest BCUT2D eigenvalue weighted by Gasteiger charge is -2.36. The Hall–Kier alpha value is -1.68. The van der Waals surface area contributed by atoms with E-state index in [1.165, 1.54) is 0 Å². The summed E-state index contributed by atoms with van der Waals surface area (Å²) in [7, 11) is 0. The molecule has 0 amide bonds. The normalized spacial score (nSPS) is 17.5. The van der Waals surface area contributed by atoms with Crippen LogP contribution in [0.3, 0.4) is 0 Å². The highest BCUT2D eigenvalue weighted by atomic mass is 16.5. The number of ether oxygens (including phenoxy) is 1. The third-order valence-electron chi connectivity index (χ3n) is 3.67. The van der Waals surface area contributed by atoms with Crippen LogP contribution in [-0.4, -0.2) is 66.5 Å². The number of piperazine rings is 1. The maximum absolute atomic E-state index is 9.98. The van der Waals surface area contributed by atoms with Crippen LogP contribution in [-0.2, 0) is 4.74 Å². The molecule has 1 atom stereocenters. The molecule has 1 aliphatic rings. The Balaban J connectivity index is 1.82. The van der Waals surface area contributed by atoms with Gasteiger partial charge < -0.3 is 14.7 Å². The van der Waals surface area contributed by atoms with E-state index in [1.807, 2.05) is 13.8 Å². The number of nitrogens with zero attached hydrogens (tertiary/aromatic N) is 4. The summed E-state index contributed by atoms with van der Waals surface area (Å²) in [5, 5.41) is 19.1. The van der Waals surface area contributed by atoms with Crippen molar-refractivity contribution in [2.45, 2.75) is 26.1 Å². The Kier molecular flexibility index (Phi) is 6.13. The Bertz CT molecular complexity index is 507. The summed E-state index contributed by atoms with van der Waals surface area (Å²) in [6, 6.07) is 5.76. The molecule has 0 saturated carbocycles. The molecule has 1 fully saturated rings. The van der Waals surface area contributed by atoms with Gasteiger partial charge in [-0.2, -0.15) is 5.26 Å². The summed E-state index contributed by atoms with van der Waals surface area (Å²) in [4.78, 5) is 8.68. The molecule has 120 valence electrons. The number of hydrogen-bond donors (Lipinski definition) is 1. The quantitative estimate of drug-likeness (QED) is 0.840. The highest BCUT2D eigenvalue weighted by Gasteiger charge is 2.21. The van der Waals surface area contributed by atoms with Crippen LogP contribution in [0, 0.1) is 11.3 Å². The molecule has 0 unspecified atom stereocenters. The summed E-state index contributed by atoms with van der Waals surface area (Å²) in [6.45, 7) is 8.23. The third-order valence-corrected chi connectivity index (χ3v) is 3.67. The van der Waals surface area contributed by atoms with Gasteiger partial charge in [-0.05, 0) is 26.0 Å². The Labute approximate surface area is 131 Å². The van der Waals surface area contributed by atoms with Crippen molar-refractivity contribution in [3.8, 4) is 6.07 Å². The molecule has 1 aliphatic heterocycles. The van der Waals surface area contributed by atoms with Gasteiger partial charge in [0.05, 0.1) is 24.4 Å². The van der Waals surface area contributed by atoms with E-state index in [0.717, 1.165) is 32.0 Å². The molecule has 0 radical (unpaired) electrons. The minimum atomic E-state index is -0.460.